The Hall–Kier alpha value is -3.36. The predicted octanol–water partition coefficient (Wildman–Crippen LogP) is 3.54. The summed E-state index contributed by atoms with van der Waals surface area (Å²) in [6, 6.07) is 6.52. The van der Waals surface area contributed by atoms with Crippen LogP contribution in [0.4, 0.5) is 0 Å². The zero-order valence-corrected chi connectivity index (χ0v) is 18.3. The van der Waals surface area contributed by atoms with E-state index in [0.717, 1.165) is 0 Å². The molecule has 0 unspecified atom stereocenters. The standard InChI is InChI=1S/C22H22ClNO7/c1-27-13-31-22(26)17(9-14-5-7-24-8-6-14)16(21(25)30-4)10-15-11-18(23)20(29-3)19(12-15)28-2/h5-12H,13H2,1-4H3. The molecule has 2 rings (SSSR count). The van der Waals surface area contributed by atoms with Crippen molar-refractivity contribution < 1.29 is 33.3 Å². The smallest absolute Gasteiger partial charge is 0.341 e. The Morgan fingerprint density at radius 2 is 1.58 bits per heavy atom. The Labute approximate surface area is 185 Å². The number of rotatable bonds is 9. The van der Waals surface area contributed by atoms with E-state index >= 15 is 0 Å². The first-order valence-corrected chi connectivity index (χ1v) is 9.32. The van der Waals surface area contributed by atoms with Crippen molar-refractivity contribution in [2.45, 2.75) is 0 Å². The molecule has 0 aliphatic heterocycles. The summed E-state index contributed by atoms with van der Waals surface area (Å²) >= 11 is 6.27. The average molecular weight is 448 g/mol. The predicted molar refractivity (Wildman–Crippen MR) is 115 cm³/mol. The molecule has 164 valence electrons. The largest absolute Gasteiger partial charge is 0.493 e. The first-order valence-electron chi connectivity index (χ1n) is 8.94. The molecule has 0 bridgehead atoms. The summed E-state index contributed by atoms with van der Waals surface area (Å²) in [4.78, 5) is 29.3. The van der Waals surface area contributed by atoms with Crippen LogP contribution in [0.5, 0.6) is 11.5 Å². The van der Waals surface area contributed by atoms with Crippen LogP contribution >= 0.6 is 11.6 Å². The molecule has 0 saturated heterocycles. The van der Waals surface area contributed by atoms with Crippen LogP contribution in [0.1, 0.15) is 11.1 Å². The Morgan fingerprint density at radius 1 is 0.935 bits per heavy atom. The van der Waals surface area contributed by atoms with Gasteiger partial charge in [0.05, 0.1) is 37.5 Å². The number of halogens is 1. The van der Waals surface area contributed by atoms with Gasteiger partial charge in [-0.15, -0.1) is 0 Å². The van der Waals surface area contributed by atoms with E-state index in [1.54, 1.807) is 36.7 Å². The maximum absolute atomic E-state index is 12.7. The molecule has 31 heavy (non-hydrogen) atoms. The van der Waals surface area contributed by atoms with Crippen molar-refractivity contribution in [2.75, 3.05) is 35.2 Å². The van der Waals surface area contributed by atoms with Crippen molar-refractivity contribution in [3.05, 3.63) is 64.0 Å². The van der Waals surface area contributed by atoms with E-state index in [1.165, 1.54) is 40.6 Å². The highest BCUT2D eigenvalue weighted by Crippen LogP contribution is 2.37. The summed E-state index contributed by atoms with van der Waals surface area (Å²) in [7, 11) is 5.50. The second-order valence-electron chi connectivity index (χ2n) is 5.96. The molecule has 2 aromatic rings. The molecule has 0 amide bonds. The van der Waals surface area contributed by atoms with Crippen molar-refractivity contribution in [3.63, 3.8) is 0 Å². The third-order valence-corrected chi connectivity index (χ3v) is 4.29. The second kappa shape index (κ2) is 11.7. The van der Waals surface area contributed by atoms with Crippen LogP contribution in [0.25, 0.3) is 12.2 Å². The van der Waals surface area contributed by atoms with Crippen molar-refractivity contribution in [1.82, 2.24) is 4.98 Å². The Bertz CT molecular complexity index is 987. The average Bonchev–Trinajstić information content (AvgIpc) is 2.79. The minimum absolute atomic E-state index is 0.0407. The lowest BCUT2D eigenvalue weighted by Crippen LogP contribution is -2.17. The topological polar surface area (TPSA) is 93.2 Å². The van der Waals surface area contributed by atoms with Crippen molar-refractivity contribution in [1.29, 1.82) is 0 Å². The van der Waals surface area contributed by atoms with Gasteiger partial charge in [-0.05, 0) is 47.5 Å². The van der Waals surface area contributed by atoms with E-state index in [-0.39, 0.29) is 23.0 Å². The van der Waals surface area contributed by atoms with Crippen LogP contribution in [-0.4, -0.2) is 52.2 Å². The number of pyridine rings is 1. The summed E-state index contributed by atoms with van der Waals surface area (Å²) in [6.07, 6.45) is 6.05. The third kappa shape index (κ3) is 6.31. The number of benzene rings is 1. The summed E-state index contributed by atoms with van der Waals surface area (Å²) in [6.45, 7) is -0.289. The monoisotopic (exact) mass is 447 g/mol. The Kier molecular flexibility index (Phi) is 9.05. The molecular weight excluding hydrogens is 426 g/mol. The second-order valence-corrected chi connectivity index (χ2v) is 6.37. The lowest BCUT2D eigenvalue weighted by molar-refractivity contribution is -0.149. The zero-order chi connectivity index (χ0) is 22.8. The van der Waals surface area contributed by atoms with Crippen LogP contribution in [0, 0.1) is 0 Å². The molecule has 9 heteroatoms. The minimum Gasteiger partial charge on any atom is -0.493 e. The fourth-order valence-electron chi connectivity index (χ4n) is 2.61. The van der Waals surface area contributed by atoms with Gasteiger partial charge in [-0.1, -0.05) is 11.6 Å². The fraction of sp³-hybridized carbons (Fsp3) is 0.227. The quantitative estimate of drug-likeness (QED) is 0.249. The molecule has 0 fully saturated rings. The van der Waals surface area contributed by atoms with E-state index < -0.39 is 11.9 Å². The highest BCUT2D eigenvalue weighted by molar-refractivity contribution is 6.32. The molecule has 8 nitrogen and oxygen atoms in total. The fourth-order valence-corrected chi connectivity index (χ4v) is 2.90. The molecule has 0 N–H and O–H groups in total. The maximum Gasteiger partial charge on any atom is 0.341 e. The number of carbonyl (C=O) groups excluding carboxylic acids is 2. The molecular formula is C22H22ClNO7. The number of ether oxygens (including phenoxy) is 5. The molecule has 1 heterocycles. The lowest BCUT2D eigenvalue weighted by Gasteiger charge is -2.13. The van der Waals surface area contributed by atoms with Crippen molar-refractivity contribution in [3.8, 4) is 11.5 Å². The molecule has 0 aliphatic carbocycles. The molecule has 0 saturated carbocycles. The molecule has 1 aromatic carbocycles. The molecule has 0 radical (unpaired) electrons. The number of nitrogens with zero attached hydrogens (tertiary/aromatic N) is 1. The third-order valence-electron chi connectivity index (χ3n) is 4.01. The van der Waals surface area contributed by atoms with Gasteiger partial charge >= 0.3 is 11.9 Å². The summed E-state index contributed by atoms with van der Waals surface area (Å²) in [5.41, 5.74) is 1.01. The Morgan fingerprint density at radius 3 is 2.16 bits per heavy atom. The zero-order valence-electron chi connectivity index (χ0n) is 17.5. The molecule has 1 aromatic heterocycles. The van der Waals surface area contributed by atoms with E-state index in [2.05, 4.69) is 4.98 Å². The first kappa shape index (κ1) is 23.9. The van der Waals surface area contributed by atoms with Crippen LogP contribution < -0.4 is 9.47 Å². The van der Waals surface area contributed by atoms with E-state index in [1.807, 2.05) is 0 Å². The van der Waals surface area contributed by atoms with Gasteiger partial charge in [-0.25, -0.2) is 9.59 Å². The van der Waals surface area contributed by atoms with Gasteiger partial charge in [0, 0.05) is 19.5 Å². The number of hydrogen-bond donors (Lipinski definition) is 0. The number of carbonyl (C=O) groups is 2. The number of esters is 2. The number of aromatic nitrogens is 1. The normalized spacial score (nSPS) is 11.6. The van der Waals surface area contributed by atoms with E-state index in [0.29, 0.717) is 22.6 Å². The van der Waals surface area contributed by atoms with Crippen LogP contribution in [0.2, 0.25) is 5.02 Å². The minimum atomic E-state index is -0.776. The summed E-state index contributed by atoms with van der Waals surface area (Å²) in [5, 5.41) is 0.263. The van der Waals surface area contributed by atoms with Gasteiger partial charge in [0.1, 0.15) is 0 Å². The maximum atomic E-state index is 12.7. The summed E-state index contributed by atoms with van der Waals surface area (Å²) in [5.74, 6) is -0.831. The molecule has 0 aliphatic rings. The van der Waals surface area contributed by atoms with Crippen LogP contribution in [0.3, 0.4) is 0 Å². The van der Waals surface area contributed by atoms with Gasteiger partial charge in [0.25, 0.3) is 0 Å². The molecule has 0 atom stereocenters. The summed E-state index contributed by atoms with van der Waals surface area (Å²) < 4.78 is 25.3. The highest BCUT2D eigenvalue weighted by Gasteiger charge is 2.24. The Balaban J connectivity index is 2.67. The van der Waals surface area contributed by atoms with Gasteiger partial charge in [-0.3, -0.25) is 4.98 Å². The SMILES string of the molecule is COCOC(=O)C(=Cc1ccncc1)C(=Cc1cc(Cl)c(OC)c(OC)c1)C(=O)OC. The number of hydrogen-bond acceptors (Lipinski definition) is 8. The lowest BCUT2D eigenvalue weighted by atomic mass is 10.00. The van der Waals surface area contributed by atoms with Crippen LogP contribution in [-0.2, 0) is 23.8 Å². The van der Waals surface area contributed by atoms with Gasteiger partial charge < -0.3 is 23.7 Å². The highest BCUT2D eigenvalue weighted by atomic mass is 35.5. The first-order chi connectivity index (χ1) is 14.9. The van der Waals surface area contributed by atoms with Gasteiger partial charge in [-0.2, -0.15) is 0 Å². The van der Waals surface area contributed by atoms with Gasteiger partial charge in [0.15, 0.2) is 18.3 Å². The molecule has 0 spiro atoms. The van der Waals surface area contributed by atoms with Crippen molar-refractivity contribution >= 4 is 35.7 Å². The van der Waals surface area contributed by atoms with Crippen LogP contribution in [0.15, 0.2) is 47.8 Å². The van der Waals surface area contributed by atoms with E-state index in [4.69, 9.17) is 35.3 Å². The van der Waals surface area contributed by atoms with Gasteiger partial charge in [0.2, 0.25) is 0 Å². The van der Waals surface area contributed by atoms with Crippen molar-refractivity contribution in [2.24, 2.45) is 0 Å². The van der Waals surface area contributed by atoms with E-state index in [9.17, 15) is 9.59 Å². The number of methoxy groups -OCH3 is 4.